The SMILES string of the molecule is C1CCC(NC2CCCCC2)CC1.C1CCC(NC2CCCCC2)CC1.[Pt]. The Balaban J connectivity index is 0.000000187. The Morgan fingerprint density at radius 2 is 0.481 bits per heavy atom. The summed E-state index contributed by atoms with van der Waals surface area (Å²) in [4.78, 5) is 0. The van der Waals surface area contributed by atoms with Gasteiger partial charge in [-0.1, -0.05) is 77.0 Å². The zero-order valence-corrected chi connectivity index (χ0v) is 20.0. The third kappa shape index (κ3) is 9.77. The summed E-state index contributed by atoms with van der Waals surface area (Å²) in [5.74, 6) is 0. The van der Waals surface area contributed by atoms with Crippen LogP contribution >= 0.6 is 0 Å². The van der Waals surface area contributed by atoms with Crippen molar-refractivity contribution in [2.75, 3.05) is 0 Å². The van der Waals surface area contributed by atoms with Gasteiger partial charge in [0.1, 0.15) is 0 Å². The maximum atomic E-state index is 3.86. The van der Waals surface area contributed by atoms with Crippen LogP contribution in [0.4, 0.5) is 0 Å². The van der Waals surface area contributed by atoms with Crippen molar-refractivity contribution >= 4 is 0 Å². The van der Waals surface area contributed by atoms with Crippen LogP contribution in [0.3, 0.4) is 0 Å². The minimum Gasteiger partial charge on any atom is -0.311 e. The van der Waals surface area contributed by atoms with Gasteiger partial charge in [0, 0.05) is 45.2 Å². The first-order chi connectivity index (χ1) is 12.9. The van der Waals surface area contributed by atoms with Crippen LogP contribution in [0, 0.1) is 0 Å². The Labute approximate surface area is 184 Å². The van der Waals surface area contributed by atoms with E-state index in [4.69, 9.17) is 0 Å². The molecule has 27 heavy (non-hydrogen) atoms. The summed E-state index contributed by atoms with van der Waals surface area (Å²) in [6.07, 6.45) is 29.1. The van der Waals surface area contributed by atoms with Crippen molar-refractivity contribution in [1.82, 2.24) is 10.6 Å². The second-order valence-electron chi connectivity index (χ2n) is 9.67. The number of rotatable bonds is 4. The van der Waals surface area contributed by atoms with E-state index >= 15 is 0 Å². The van der Waals surface area contributed by atoms with Gasteiger partial charge in [-0.25, -0.2) is 0 Å². The summed E-state index contributed by atoms with van der Waals surface area (Å²) in [5.41, 5.74) is 0. The van der Waals surface area contributed by atoms with Gasteiger partial charge in [0.2, 0.25) is 0 Å². The Morgan fingerprint density at radius 1 is 0.296 bits per heavy atom. The second-order valence-corrected chi connectivity index (χ2v) is 9.67. The first kappa shape index (κ1) is 23.9. The van der Waals surface area contributed by atoms with Crippen LogP contribution in [-0.4, -0.2) is 24.2 Å². The molecule has 4 fully saturated rings. The normalized spacial score (nSPS) is 26.7. The first-order valence-electron chi connectivity index (χ1n) is 12.4. The van der Waals surface area contributed by atoms with Gasteiger partial charge in [-0.3, -0.25) is 0 Å². The van der Waals surface area contributed by atoms with Crippen LogP contribution < -0.4 is 10.6 Å². The van der Waals surface area contributed by atoms with Gasteiger partial charge < -0.3 is 10.6 Å². The molecule has 162 valence electrons. The molecule has 2 N–H and O–H groups in total. The largest absolute Gasteiger partial charge is 0.311 e. The molecule has 0 bridgehead atoms. The van der Waals surface area contributed by atoms with E-state index in [1.807, 2.05) is 0 Å². The molecule has 0 radical (unpaired) electrons. The zero-order valence-electron chi connectivity index (χ0n) is 17.8. The Kier molecular flexibility index (Phi) is 12.9. The van der Waals surface area contributed by atoms with Crippen molar-refractivity contribution < 1.29 is 21.1 Å². The minimum atomic E-state index is 0. The van der Waals surface area contributed by atoms with Crippen molar-refractivity contribution in [2.45, 2.75) is 153 Å². The minimum absolute atomic E-state index is 0. The maximum absolute atomic E-state index is 3.86. The van der Waals surface area contributed by atoms with E-state index in [1.165, 1.54) is 128 Å². The van der Waals surface area contributed by atoms with Crippen molar-refractivity contribution in [3.63, 3.8) is 0 Å². The fourth-order valence-corrected chi connectivity index (χ4v) is 5.74. The van der Waals surface area contributed by atoms with Crippen molar-refractivity contribution in [3.05, 3.63) is 0 Å². The average molecular weight is 558 g/mol. The van der Waals surface area contributed by atoms with E-state index in [-0.39, 0.29) is 21.1 Å². The summed E-state index contributed by atoms with van der Waals surface area (Å²) in [5, 5.41) is 7.72. The Bertz CT molecular complexity index is 272. The standard InChI is InChI=1S/2C12H23N.Pt/c2*1-3-7-11(8-4-1)13-12-9-5-2-6-10-12;/h2*11-13H,1-10H2;. The smallest absolute Gasteiger partial charge is 0.00696 e. The van der Waals surface area contributed by atoms with Gasteiger partial charge >= 0.3 is 0 Å². The molecule has 0 aromatic rings. The molecule has 0 aromatic heterocycles. The van der Waals surface area contributed by atoms with Gasteiger partial charge in [-0.2, -0.15) is 0 Å². The molecule has 0 heterocycles. The topological polar surface area (TPSA) is 24.1 Å². The molecule has 0 atom stereocenters. The van der Waals surface area contributed by atoms with E-state index in [1.54, 1.807) is 0 Å². The molecule has 0 spiro atoms. The fraction of sp³-hybridized carbons (Fsp3) is 1.00. The molecular formula is C24H46N2Pt. The van der Waals surface area contributed by atoms with Crippen molar-refractivity contribution in [2.24, 2.45) is 0 Å². The summed E-state index contributed by atoms with van der Waals surface area (Å²) in [7, 11) is 0. The molecular weight excluding hydrogens is 511 g/mol. The molecule has 0 amide bonds. The van der Waals surface area contributed by atoms with Gasteiger partial charge in [-0.05, 0) is 51.4 Å². The fourth-order valence-electron chi connectivity index (χ4n) is 5.74. The van der Waals surface area contributed by atoms with Crippen molar-refractivity contribution in [1.29, 1.82) is 0 Å². The van der Waals surface area contributed by atoms with Crippen LogP contribution in [0.5, 0.6) is 0 Å². The molecule has 0 saturated heterocycles. The molecule has 4 aliphatic rings. The summed E-state index contributed by atoms with van der Waals surface area (Å²) in [6.45, 7) is 0. The third-order valence-corrected chi connectivity index (χ3v) is 7.36. The number of nitrogens with one attached hydrogen (secondary N) is 2. The molecule has 4 saturated carbocycles. The van der Waals surface area contributed by atoms with E-state index in [2.05, 4.69) is 10.6 Å². The molecule has 4 rings (SSSR count). The van der Waals surface area contributed by atoms with Crippen LogP contribution in [0.1, 0.15) is 128 Å². The van der Waals surface area contributed by atoms with E-state index in [9.17, 15) is 0 Å². The van der Waals surface area contributed by atoms with Gasteiger partial charge in [-0.15, -0.1) is 0 Å². The van der Waals surface area contributed by atoms with E-state index in [0.717, 1.165) is 24.2 Å². The molecule has 3 heteroatoms. The summed E-state index contributed by atoms with van der Waals surface area (Å²) in [6, 6.07) is 3.49. The Morgan fingerprint density at radius 3 is 0.667 bits per heavy atom. The predicted molar refractivity (Wildman–Crippen MR) is 114 cm³/mol. The van der Waals surface area contributed by atoms with Gasteiger partial charge in [0.05, 0.1) is 0 Å². The van der Waals surface area contributed by atoms with Crippen LogP contribution in [-0.2, 0) is 21.1 Å². The molecule has 0 aliphatic heterocycles. The molecule has 0 aromatic carbocycles. The molecule has 4 aliphatic carbocycles. The van der Waals surface area contributed by atoms with E-state index in [0.29, 0.717) is 0 Å². The number of hydrogen-bond donors (Lipinski definition) is 2. The monoisotopic (exact) mass is 557 g/mol. The van der Waals surface area contributed by atoms with Gasteiger partial charge in [0.15, 0.2) is 0 Å². The first-order valence-corrected chi connectivity index (χ1v) is 12.4. The average Bonchev–Trinajstić information content (AvgIpc) is 2.72. The summed E-state index contributed by atoms with van der Waals surface area (Å²) < 4.78 is 0. The quantitative estimate of drug-likeness (QED) is 0.414. The predicted octanol–water partition coefficient (Wildman–Crippen LogP) is 6.48. The van der Waals surface area contributed by atoms with E-state index < -0.39 is 0 Å². The number of hydrogen-bond acceptors (Lipinski definition) is 2. The van der Waals surface area contributed by atoms with Gasteiger partial charge in [0.25, 0.3) is 0 Å². The van der Waals surface area contributed by atoms with Crippen LogP contribution in [0.2, 0.25) is 0 Å². The zero-order chi connectivity index (χ0) is 17.9. The molecule has 2 nitrogen and oxygen atoms in total. The third-order valence-electron chi connectivity index (χ3n) is 7.36. The molecule has 0 unspecified atom stereocenters. The summed E-state index contributed by atoms with van der Waals surface area (Å²) >= 11 is 0. The second kappa shape index (κ2) is 14.6. The Hall–Kier alpha value is 0.608. The van der Waals surface area contributed by atoms with Crippen LogP contribution in [0.25, 0.3) is 0 Å². The maximum Gasteiger partial charge on any atom is 0.00696 e. The van der Waals surface area contributed by atoms with Crippen LogP contribution in [0.15, 0.2) is 0 Å². The van der Waals surface area contributed by atoms with Crippen molar-refractivity contribution in [3.8, 4) is 0 Å².